The Morgan fingerprint density at radius 1 is 1.10 bits per heavy atom. The van der Waals surface area contributed by atoms with E-state index in [1.165, 1.54) is 29.7 Å². The molecular formula is C24H27FN4O. The second kappa shape index (κ2) is 7.94. The molecule has 0 fully saturated rings. The first-order valence-electron chi connectivity index (χ1n) is 10.3. The fraction of sp³-hybridized carbons (Fsp3) is 0.333. The molecule has 156 valence electrons. The maximum Gasteiger partial charge on any atom is 0.319 e. The highest BCUT2D eigenvalue weighted by Gasteiger charge is 2.21. The molecule has 0 unspecified atom stereocenters. The van der Waals surface area contributed by atoms with Crippen LogP contribution in [0, 0.1) is 5.82 Å². The van der Waals surface area contributed by atoms with Crippen molar-refractivity contribution in [2.45, 2.75) is 52.0 Å². The maximum atomic E-state index is 13.8. The zero-order chi connectivity index (χ0) is 21.3. The van der Waals surface area contributed by atoms with Crippen LogP contribution in [0.2, 0.25) is 0 Å². The number of anilines is 1. The second-order valence-electron chi connectivity index (χ2n) is 8.81. The third kappa shape index (κ3) is 4.37. The fourth-order valence-corrected chi connectivity index (χ4v) is 3.74. The van der Waals surface area contributed by atoms with Crippen molar-refractivity contribution < 1.29 is 9.18 Å². The van der Waals surface area contributed by atoms with E-state index in [-0.39, 0.29) is 23.8 Å². The van der Waals surface area contributed by atoms with Gasteiger partial charge in [-0.25, -0.2) is 13.9 Å². The number of rotatable bonds is 4. The molecule has 0 aliphatic heterocycles. The lowest BCUT2D eigenvalue weighted by molar-refractivity contribution is 0.251. The summed E-state index contributed by atoms with van der Waals surface area (Å²) < 4.78 is 15.4. The number of carbonyl (C=O) groups excluding carboxylic acids is 1. The number of aromatic nitrogens is 2. The van der Waals surface area contributed by atoms with Crippen molar-refractivity contribution in [3.05, 3.63) is 76.9 Å². The van der Waals surface area contributed by atoms with E-state index in [1.807, 2.05) is 12.1 Å². The number of nitrogens with zero attached hydrogens (tertiary/aromatic N) is 2. The van der Waals surface area contributed by atoms with Crippen molar-refractivity contribution >= 4 is 11.7 Å². The minimum Gasteiger partial charge on any atom is -0.332 e. The topological polar surface area (TPSA) is 59.0 Å². The first-order chi connectivity index (χ1) is 14.3. The van der Waals surface area contributed by atoms with Crippen LogP contribution >= 0.6 is 0 Å². The summed E-state index contributed by atoms with van der Waals surface area (Å²) in [6.45, 7) is 6.49. The summed E-state index contributed by atoms with van der Waals surface area (Å²) in [5.74, 6) is -0.325. The van der Waals surface area contributed by atoms with Gasteiger partial charge in [0, 0.05) is 11.1 Å². The Labute approximate surface area is 176 Å². The smallest absolute Gasteiger partial charge is 0.319 e. The lowest BCUT2D eigenvalue weighted by atomic mass is 9.92. The van der Waals surface area contributed by atoms with Gasteiger partial charge in [-0.05, 0) is 66.8 Å². The van der Waals surface area contributed by atoms with Gasteiger partial charge in [0.1, 0.15) is 5.82 Å². The van der Waals surface area contributed by atoms with E-state index < -0.39 is 0 Å². The maximum absolute atomic E-state index is 13.8. The summed E-state index contributed by atoms with van der Waals surface area (Å²) in [5.41, 5.74) is 5.60. The highest BCUT2D eigenvalue weighted by atomic mass is 19.1. The zero-order valence-corrected chi connectivity index (χ0v) is 17.6. The second-order valence-corrected chi connectivity index (χ2v) is 8.81. The molecule has 2 aromatic carbocycles. The van der Waals surface area contributed by atoms with E-state index in [2.05, 4.69) is 48.6 Å². The van der Waals surface area contributed by atoms with Crippen LogP contribution in [0.25, 0.3) is 5.69 Å². The van der Waals surface area contributed by atoms with Gasteiger partial charge in [0.25, 0.3) is 0 Å². The summed E-state index contributed by atoms with van der Waals surface area (Å²) in [7, 11) is 0. The molecule has 5 nitrogen and oxygen atoms in total. The van der Waals surface area contributed by atoms with E-state index in [0.717, 1.165) is 29.9 Å². The van der Waals surface area contributed by atoms with E-state index in [0.29, 0.717) is 5.69 Å². The number of carbonyl (C=O) groups is 1. The van der Waals surface area contributed by atoms with Crippen LogP contribution in [0.5, 0.6) is 0 Å². The monoisotopic (exact) mass is 406 g/mol. The third-order valence-corrected chi connectivity index (χ3v) is 5.39. The van der Waals surface area contributed by atoms with Gasteiger partial charge in [0.2, 0.25) is 0 Å². The van der Waals surface area contributed by atoms with Gasteiger partial charge < -0.3 is 10.6 Å². The van der Waals surface area contributed by atoms with Gasteiger partial charge in [-0.15, -0.1) is 0 Å². The van der Waals surface area contributed by atoms with E-state index >= 15 is 0 Å². The van der Waals surface area contributed by atoms with Crippen molar-refractivity contribution in [1.29, 1.82) is 0 Å². The Bertz CT molecular complexity index is 1080. The molecule has 1 heterocycles. The highest BCUT2D eigenvalue weighted by molar-refractivity contribution is 5.89. The molecule has 0 radical (unpaired) electrons. The molecule has 3 aromatic rings. The van der Waals surface area contributed by atoms with Crippen molar-refractivity contribution in [3.63, 3.8) is 0 Å². The molecule has 1 aliphatic rings. The number of fused-ring (bicyclic) bond motifs is 1. The largest absolute Gasteiger partial charge is 0.332 e. The van der Waals surface area contributed by atoms with Gasteiger partial charge in [0.05, 0.1) is 23.6 Å². The Kier molecular flexibility index (Phi) is 5.33. The quantitative estimate of drug-likeness (QED) is 0.632. The fourth-order valence-electron chi connectivity index (χ4n) is 3.74. The minimum atomic E-state index is -0.325. The summed E-state index contributed by atoms with van der Waals surface area (Å²) in [5, 5.41) is 10.5. The molecule has 2 N–H and O–H groups in total. The number of nitrogens with one attached hydrogen (secondary N) is 2. The molecule has 0 saturated carbocycles. The summed E-state index contributed by atoms with van der Waals surface area (Å²) in [6.07, 6.45) is 3.35. The molecule has 1 aliphatic carbocycles. The molecule has 0 spiro atoms. The normalized spacial score (nSPS) is 13.2. The molecule has 0 saturated heterocycles. The summed E-state index contributed by atoms with van der Waals surface area (Å²) >= 11 is 0. The van der Waals surface area contributed by atoms with Crippen molar-refractivity contribution in [2.75, 3.05) is 5.32 Å². The number of hydrogen-bond acceptors (Lipinski definition) is 2. The number of halogens is 1. The third-order valence-electron chi connectivity index (χ3n) is 5.39. The molecule has 30 heavy (non-hydrogen) atoms. The predicted molar refractivity (Wildman–Crippen MR) is 117 cm³/mol. The van der Waals surface area contributed by atoms with Crippen LogP contribution in [-0.2, 0) is 24.8 Å². The number of amides is 2. The van der Waals surface area contributed by atoms with Gasteiger partial charge in [-0.3, -0.25) is 0 Å². The molecule has 0 bridgehead atoms. The number of benzene rings is 2. The molecule has 6 heteroatoms. The average Bonchev–Trinajstić information content (AvgIpc) is 3.32. The molecule has 4 rings (SSSR count). The molecule has 0 atom stereocenters. The van der Waals surface area contributed by atoms with Crippen LogP contribution in [0.4, 0.5) is 14.9 Å². The van der Waals surface area contributed by atoms with Crippen molar-refractivity contribution in [3.8, 4) is 5.69 Å². The Balaban J connectivity index is 1.50. The van der Waals surface area contributed by atoms with Gasteiger partial charge in [-0.2, -0.15) is 5.10 Å². The highest BCUT2D eigenvalue weighted by Crippen LogP contribution is 2.25. The van der Waals surface area contributed by atoms with Crippen LogP contribution in [0.3, 0.4) is 0 Å². The first-order valence-corrected chi connectivity index (χ1v) is 10.3. The van der Waals surface area contributed by atoms with Gasteiger partial charge in [0.15, 0.2) is 0 Å². The van der Waals surface area contributed by atoms with Crippen molar-refractivity contribution in [1.82, 2.24) is 15.1 Å². The van der Waals surface area contributed by atoms with E-state index in [1.54, 1.807) is 16.8 Å². The molecule has 2 amide bonds. The number of urea groups is 1. The Hall–Kier alpha value is -3.15. The standard InChI is InChI=1S/C24H27FN4O/c1-24(2,3)22-14-21(29(28-22)20-9-5-8-18(25)13-20)15-26-23(30)27-19-11-10-16-6-4-7-17(16)12-19/h5,8-14H,4,6-7,15H2,1-3H3,(H2,26,27,30). The Morgan fingerprint density at radius 2 is 1.90 bits per heavy atom. The number of aryl methyl sites for hydroxylation is 2. The zero-order valence-electron chi connectivity index (χ0n) is 17.6. The SMILES string of the molecule is CC(C)(C)c1cc(CNC(=O)Nc2ccc3c(c2)CCC3)n(-c2cccc(F)c2)n1. The van der Waals surface area contributed by atoms with Crippen molar-refractivity contribution in [2.24, 2.45) is 0 Å². The predicted octanol–water partition coefficient (Wildman–Crippen LogP) is 5.12. The minimum absolute atomic E-state index is 0.167. The van der Waals surface area contributed by atoms with Crippen LogP contribution in [0.15, 0.2) is 48.5 Å². The lowest BCUT2D eigenvalue weighted by Gasteiger charge is -2.14. The van der Waals surface area contributed by atoms with Crippen LogP contribution in [0.1, 0.15) is 49.7 Å². The summed E-state index contributed by atoms with van der Waals surface area (Å²) in [6, 6.07) is 14.1. The lowest BCUT2D eigenvalue weighted by Crippen LogP contribution is -2.29. The molecular weight excluding hydrogens is 379 g/mol. The van der Waals surface area contributed by atoms with Crippen LogP contribution in [-0.4, -0.2) is 15.8 Å². The van der Waals surface area contributed by atoms with Gasteiger partial charge >= 0.3 is 6.03 Å². The molecule has 1 aromatic heterocycles. The first kappa shape index (κ1) is 20.1. The number of hydrogen-bond donors (Lipinski definition) is 2. The van der Waals surface area contributed by atoms with Crippen LogP contribution < -0.4 is 10.6 Å². The summed E-state index contributed by atoms with van der Waals surface area (Å²) in [4.78, 5) is 12.5. The van der Waals surface area contributed by atoms with E-state index in [4.69, 9.17) is 0 Å². The average molecular weight is 407 g/mol. The van der Waals surface area contributed by atoms with Gasteiger partial charge in [-0.1, -0.05) is 32.9 Å². The Morgan fingerprint density at radius 3 is 2.67 bits per heavy atom. The van der Waals surface area contributed by atoms with E-state index in [9.17, 15) is 9.18 Å².